The quantitative estimate of drug-likeness (QED) is 0.390. The first-order valence-corrected chi connectivity index (χ1v) is 9.85. The van der Waals surface area contributed by atoms with E-state index in [9.17, 15) is 8.42 Å². The van der Waals surface area contributed by atoms with Gasteiger partial charge in [0.05, 0.1) is 18.0 Å². The highest BCUT2D eigenvalue weighted by atomic mass is 32.2. The van der Waals surface area contributed by atoms with Gasteiger partial charge in [0, 0.05) is 33.3 Å². The Balaban J connectivity index is 2.80. The van der Waals surface area contributed by atoms with E-state index in [1.54, 1.807) is 38.4 Å². The number of nitrogens with zero attached hydrogens (tertiary/aromatic N) is 2. The van der Waals surface area contributed by atoms with Gasteiger partial charge in [0.2, 0.25) is 10.0 Å². The number of hydrogen-bond acceptors (Lipinski definition) is 4. The number of nitrogens with one attached hydrogen (secondary N) is 2. The lowest BCUT2D eigenvalue weighted by atomic mass is 10.2. The standard InChI is InChI=1S/C17H30N4O3S/c1-6-18-17(19-11-12-24-5)20-13-15-7-9-16(10-8-15)25(22,23)21(4)14(2)3/h7-10,14H,6,11-13H2,1-5H3,(H2,18,19,20). The molecule has 0 bridgehead atoms. The minimum absolute atomic E-state index is 0.0878. The van der Waals surface area contributed by atoms with E-state index in [1.807, 2.05) is 20.8 Å². The molecular formula is C17H30N4O3S. The van der Waals surface area contributed by atoms with Crippen molar-refractivity contribution >= 4 is 16.0 Å². The average molecular weight is 371 g/mol. The largest absolute Gasteiger partial charge is 0.383 e. The Morgan fingerprint density at radius 3 is 2.40 bits per heavy atom. The zero-order valence-electron chi connectivity index (χ0n) is 15.7. The Bertz CT molecular complexity index is 642. The summed E-state index contributed by atoms with van der Waals surface area (Å²) in [5, 5.41) is 6.32. The summed E-state index contributed by atoms with van der Waals surface area (Å²) in [5.41, 5.74) is 0.940. The molecular weight excluding hydrogens is 340 g/mol. The summed E-state index contributed by atoms with van der Waals surface area (Å²) in [6.07, 6.45) is 0. The lowest BCUT2D eigenvalue weighted by molar-refractivity contribution is 0.203. The van der Waals surface area contributed by atoms with Gasteiger partial charge in [0.1, 0.15) is 0 Å². The van der Waals surface area contributed by atoms with Crippen molar-refractivity contribution in [1.82, 2.24) is 14.9 Å². The van der Waals surface area contributed by atoms with Gasteiger partial charge in [0.15, 0.2) is 5.96 Å². The van der Waals surface area contributed by atoms with Crippen LogP contribution in [0.5, 0.6) is 0 Å². The Kier molecular flexibility index (Phi) is 8.88. The van der Waals surface area contributed by atoms with Crippen LogP contribution in [-0.4, -0.2) is 58.6 Å². The summed E-state index contributed by atoms with van der Waals surface area (Å²) in [4.78, 5) is 4.78. The highest BCUT2D eigenvalue weighted by Gasteiger charge is 2.22. The second kappa shape index (κ2) is 10.4. The first-order chi connectivity index (χ1) is 11.8. The average Bonchev–Trinajstić information content (AvgIpc) is 2.59. The van der Waals surface area contributed by atoms with Crippen molar-refractivity contribution in [1.29, 1.82) is 0 Å². The van der Waals surface area contributed by atoms with E-state index >= 15 is 0 Å². The third-order valence-electron chi connectivity index (χ3n) is 3.69. The van der Waals surface area contributed by atoms with Crippen molar-refractivity contribution in [2.75, 3.05) is 33.9 Å². The Hall–Kier alpha value is -1.64. The molecule has 8 heteroatoms. The normalized spacial score (nSPS) is 12.7. The molecule has 7 nitrogen and oxygen atoms in total. The van der Waals surface area contributed by atoms with E-state index in [0.29, 0.717) is 30.6 Å². The van der Waals surface area contributed by atoms with Crippen LogP contribution in [0.15, 0.2) is 34.2 Å². The van der Waals surface area contributed by atoms with Crippen LogP contribution in [0.3, 0.4) is 0 Å². The van der Waals surface area contributed by atoms with Crippen LogP contribution in [0.1, 0.15) is 26.3 Å². The van der Waals surface area contributed by atoms with E-state index < -0.39 is 10.0 Å². The molecule has 0 unspecified atom stereocenters. The van der Waals surface area contributed by atoms with Gasteiger partial charge in [-0.2, -0.15) is 4.31 Å². The Morgan fingerprint density at radius 1 is 1.24 bits per heavy atom. The molecule has 25 heavy (non-hydrogen) atoms. The first-order valence-electron chi connectivity index (χ1n) is 8.41. The van der Waals surface area contributed by atoms with Crippen LogP contribution in [0.25, 0.3) is 0 Å². The van der Waals surface area contributed by atoms with Gasteiger partial charge in [0.25, 0.3) is 0 Å². The fourth-order valence-electron chi connectivity index (χ4n) is 1.99. The summed E-state index contributed by atoms with van der Waals surface area (Å²) in [5.74, 6) is 0.704. The molecule has 0 aliphatic carbocycles. The van der Waals surface area contributed by atoms with E-state index in [-0.39, 0.29) is 6.04 Å². The van der Waals surface area contributed by atoms with Crippen molar-refractivity contribution in [3.05, 3.63) is 29.8 Å². The van der Waals surface area contributed by atoms with Gasteiger partial charge >= 0.3 is 0 Å². The molecule has 1 aromatic carbocycles. The van der Waals surface area contributed by atoms with Crippen LogP contribution in [-0.2, 0) is 21.3 Å². The molecule has 0 saturated heterocycles. The fraction of sp³-hybridized carbons (Fsp3) is 0.588. The molecule has 1 aromatic rings. The zero-order chi connectivity index (χ0) is 18.9. The monoisotopic (exact) mass is 370 g/mol. The molecule has 0 spiro atoms. The molecule has 0 aliphatic rings. The van der Waals surface area contributed by atoms with Gasteiger partial charge in [-0.1, -0.05) is 12.1 Å². The van der Waals surface area contributed by atoms with E-state index in [1.165, 1.54) is 4.31 Å². The molecule has 0 aromatic heterocycles. The molecule has 142 valence electrons. The molecule has 0 atom stereocenters. The molecule has 0 fully saturated rings. The number of guanidine groups is 1. The van der Waals surface area contributed by atoms with Crippen LogP contribution in [0, 0.1) is 0 Å². The molecule has 2 N–H and O–H groups in total. The number of rotatable bonds is 9. The minimum Gasteiger partial charge on any atom is -0.383 e. The third-order valence-corrected chi connectivity index (χ3v) is 5.74. The first kappa shape index (κ1) is 21.4. The molecule has 0 amide bonds. The maximum atomic E-state index is 12.4. The van der Waals surface area contributed by atoms with Gasteiger partial charge in [-0.25, -0.2) is 13.4 Å². The van der Waals surface area contributed by atoms with Crippen molar-refractivity contribution in [2.45, 2.75) is 38.3 Å². The predicted molar refractivity (Wildman–Crippen MR) is 101 cm³/mol. The summed E-state index contributed by atoms with van der Waals surface area (Å²) < 4.78 is 31.3. The molecule has 0 saturated carbocycles. The predicted octanol–water partition coefficient (Wildman–Crippen LogP) is 1.42. The minimum atomic E-state index is -3.45. The lowest BCUT2D eigenvalue weighted by Crippen LogP contribution is -2.38. The summed E-state index contributed by atoms with van der Waals surface area (Å²) >= 11 is 0. The number of ether oxygens (including phenoxy) is 1. The van der Waals surface area contributed by atoms with Crippen molar-refractivity contribution < 1.29 is 13.2 Å². The Labute approximate surface area is 151 Å². The van der Waals surface area contributed by atoms with Crippen molar-refractivity contribution in [3.63, 3.8) is 0 Å². The lowest BCUT2D eigenvalue weighted by Gasteiger charge is -2.21. The number of methoxy groups -OCH3 is 1. The number of hydrogen-bond donors (Lipinski definition) is 2. The molecule has 0 aliphatic heterocycles. The van der Waals surface area contributed by atoms with Crippen molar-refractivity contribution in [3.8, 4) is 0 Å². The summed E-state index contributed by atoms with van der Waals surface area (Å²) in [6, 6.07) is 6.76. The van der Waals surface area contributed by atoms with E-state index in [2.05, 4.69) is 15.6 Å². The van der Waals surface area contributed by atoms with E-state index in [0.717, 1.165) is 12.1 Å². The van der Waals surface area contributed by atoms with Gasteiger partial charge in [-0.05, 0) is 38.5 Å². The number of aliphatic imine (C=N–C) groups is 1. The highest BCUT2D eigenvalue weighted by molar-refractivity contribution is 7.89. The molecule has 0 radical (unpaired) electrons. The van der Waals surface area contributed by atoms with Gasteiger partial charge < -0.3 is 15.4 Å². The van der Waals surface area contributed by atoms with E-state index in [4.69, 9.17) is 4.74 Å². The Morgan fingerprint density at radius 2 is 1.88 bits per heavy atom. The molecule has 1 rings (SSSR count). The second-order valence-corrected chi connectivity index (χ2v) is 7.87. The highest BCUT2D eigenvalue weighted by Crippen LogP contribution is 2.17. The van der Waals surface area contributed by atoms with Crippen molar-refractivity contribution in [2.24, 2.45) is 4.99 Å². The van der Waals surface area contributed by atoms with Crippen LogP contribution in [0.4, 0.5) is 0 Å². The number of sulfonamides is 1. The SMILES string of the molecule is CCNC(=NCc1ccc(S(=O)(=O)N(C)C(C)C)cc1)NCCOC. The maximum absolute atomic E-state index is 12.4. The third kappa shape index (κ3) is 6.64. The smallest absolute Gasteiger partial charge is 0.243 e. The summed E-state index contributed by atoms with van der Waals surface area (Å²) in [6.45, 7) is 8.18. The molecule has 0 heterocycles. The fourth-order valence-corrected chi connectivity index (χ4v) is 3.36. The zero-order valence-corrected chi connectivity index (χ0v) is 16.6. The van der Waals surface area contributed by atoms with Gasteiger partial charge in [-0.15, -0.1) is 0 Å². The van der Waals surface area contributed by atoms with Crippen LogP contribution < -0.4 is 10.6 Å². The van der Waals surface area contributed by atoms with Crippen LogP contribution in [0.2, 0.25) is 0 Å². The maximum Gasteiger partial charge on any atom is 0.243 e. The van der Waals surface area contributed by atoms with Crippen LogP contribution >= 0.6 is 0 Å². The number of benzene rings is 1. The van der Waals surface area contributed by atoms with Gasteiger partial charge in [-0.3, -0.25) is 0 Å². The summed E-state index contributed by atoms with van der Waals surface area (Å²) in [7, 11) is -0.210. The topological polar surface area (TPSA) is 83.0 Å². The second-order valence-electron chi connectivity index (χ2n) is 5.87.